The van der Waals surface area contributed by atoms with Gasteiger partial charge in [-0.15, -0.1) is 0 Å². The van der Waals surface area contributed by atoms with Crippen LogP contribution in [0.4, 0.5) is 0 Å². The zero-order chi connectivity index (χ0) is 12.1. The number of hydrogen-bond donors (Lipinski definition) is 2. The third-order valence-electron chi connectivity index (χ3n) is 3.11. The van der Waals surface area contributed by atoms with Crippen molar-refractivity contribution < 1.29 is 4.79 Å². The minimum atomic E-state index is -0.228. The molecule has 4 heteroatoms. The Morgan fingerprint density at radius 2 is 2.24 bits per heavy atom. The number of benzene rings is 1. The number of carbonyl (C=O) groups excluding carboxylic acids is 1. The van der Waals surface area contributed by atoms with Gasteiger partial charge in [-0.25, -0.2) is 0 Å². The van der Waals surface area contributed by atoms with Crippen LogP contribution in [0.2, 0.25) is 0 Å². The largest absolute Gasteiger partial charge is 0.368 e. The second kappa shape index (κ2) is 6.07. The quantitative estimate of drug-likeness (QED) is 0.830. The summed E-state index contributed by atoms with van der Waals surface area (Å²) in [7, 11) is 0. The van der Waals surface area contributed by atoms with E-state index in [1.807, 2.05) is 30.0 Å². The fourth-order valence-electron chi connectivity index (χ4n) is 2.14. The molecule has 0 aromatic heterocycles. The van der Waals surface area contributed by atoms with E-state index in [-0.39, 0.29) is 11.9 Å². The lowest BCUT2D eigenvalue weighted by atomic mass is 9.98. The van der Waals surface area contributed by atoms with E-state index >= 15 is 0 Å². The second-order valence-corrected chi connectivity index (χ2v) is 5.52. The molecule has 92 valence electrons. The van der Waals surface area contributed by atoms with Crippen molar-refractivity contribution in [3.8, 4) is 0 Å². The summed E-state index contributed by atoms with van der Waals surface area (Å²) in [5, 5.41) is 3.29. The van der Waals surface area contributed by atoms with E-state index in [0.29, 0.717) is 12.5 Å². The maximum atomic E-state index is 11.5. The molecule has 1 saturated heterocycles. The molecule has 0 aliphatic carbocycles. The predicted molar refractivity (Wildman–Crippen MR) is 71.7 cm³/mol. The van der Waals surface area contributed by atoms with Gasteiger partial charge in [0.25, 0.3) is 0 Å². The summed E-state index contributed by atoms with van der Waals surface area (Å²) in [5.74, 6) is 2.34. The number of amides is 1. The van der Waals surface area contributed by atoms with E-state index in [2.05, 4.69) is 17.4 Å². The maximum Gasteiger partial charge on any atom is 0.234 e. The summed E-state index contributed by atoms with van der Waals surface area (Å²) in [6.45, 7) is 0.704. The Morgan fingerprint density at radius 3 is 2.82 bits per heavy atom. The first kappa shape index (κ1) is 12.5. The third-order valence-corrected chi connectivity index (χ3v) is 4.30. The topological polar surface area (TPSA) is 55.1 Å². The van der Waals surface area contributed by atoms with Crippen LogP contribution in [-0.2, 0) is 11.3 Å². The van der Waals surface area contributed by atoms with Gasteiger partial charge in [-0.1, -0.05) is 30.3 Å². The minimum absolute atomic E-state index is 0.190. The molecule has 1 heterocycles. The predicted octanol–water partition coefficient (Wildman–Crippen LogP) is 1.38. The number of nitrogens with two attached hydrogens (primary N) is 1. The van der Waals surface area contributed by atoms with Gasteiger partial charge in [0.2, 0.25) is 5.91 Å². The van der Waals surface area contributed by atoms with Gasteiger partial charge in [0.1, 0.15) is 0 Å². The standard InChI is InChI=1S/C13H18N2OS/c14-13(16)12(11-6-7-17-9-11)15-8-10-4-2-1-3-5-10/h1-5,11-12,15H,6-9H2,(H2,14,16). The third kappa shape index (κ3) is 3.48. The lowest BCUT2D eigenvalue weighted by Gasteiger charge is -2.21. The summed E-state index contributed by atoms with van der Waals surface area (Å²) in [5.41, 5.74) is 6.65. The van der Waals surface area contributed by atoms with Gasteiger partial charge in [-0.3, -0.25) is 4.79 Å². The van der Waals surface area contributed by atoms with E-state index < -0.39 is 0 Å². The molecule has 2 rings (SSSR count). The number of thioether (sulfide) groups is 1. The van der Waals surface area contributed by atoms with Crippen LogP contribution in [0, 0.1) is 5.92 Å². The molecule has 17 heavy (non-hydrogen) atoms. The van der Waals surface area contributed by atoms with E-state index in [1.165, 1.54) is 5.56 Å². The first-order valence-electron chi connectivity index (χ1n) is 5.92. The smallest absolute Gasteiger partial charge is 0.234 e. The number of hydrogen-bond acceptors (Lipinski definition) is 3. The molecule has 2 unspecified atom stereocenters. The van der Waals surface area contributed by atoms with Gasteiger partial charge >= 0.3 is 0 Å². The van der Waals surface area contributed by atoms with Crippen LogP contribution in [0.15, 0.2) is 30.3 Å². The van der Waals surface area contributed by atoms with E-state index in [4.69, 9.17) is 5.73 Å². The molecular formula is C13H18N2OS. The monoisotopic (exact) mass is 250 g/mol. The lowest BCUT2D eigenvalue weighted by molar-refractivity contribution is -0.121. The second-order valence-electron chi connectivity index (χ2n) is 4.37. The highest BCUT2D eigenvalue weighted by molar-refractivity contribution is 7.99. The van der Waals surface area contributed by atoms with Crippen molar-refractivity contribution in [2.75, 3.05) is 11.5 Å². The molecule has 0 spiro atoms. The van der Waals surface area contributed by atoms with Crippen LogP contribution in [-0.4, -0.2) is 23.5 Å². The maximum absolute atomic E-state index is 11.5. The zero-order valence-electron chi connectivity index (χ0n) is 9.76. The first-order valence-corrected chi connectivity index (χ1v) is 7.07. The highest BCUT2D eigenvalue weighted by atomic mass is 32.2. The Hall–Kier alpha value is -1.00. The molecule has 1 fully saturated rings. The molecule has 1 aliphatic rings. The van der Waals surface area contributed by atoms with E-state index in [0.717, 1.165) is 17.9 Å². The molecule has 1 aromatic rings. The lowest BCUT2D eigenvalue weighted by Crippen LogP contribution is -2.46. The van der Waals surface area contributed by atoms with Gasteiger partial charge in [0, 0.05) is 6.54 Å². The highest BCUT2D eigenvalue weighted by Crippen LogP contribution is 2.26. The SMILES string of the molecule is NC(=O)C(NCc1ccccc1)C1CCSC1. The van der Waals surface area contributed by atoms with Crippen molar-refractivity contribution in [2.24, 2.45) is 11.7 Å². The molecular weight excluding hydrogens is 232 g/mol. The average Bonchev–Trinajstić information content (AvgIpc) is 2.84. The first-order chi connectivity index (χ1) is 8.27. The Labute approximate surface area is 106 Å². The van der Waals surface area contributed by atoms with Crippen molar-refractivity contribution in [1.29, 1.82) is 0 Å². The molecule has 0 saturated carbocycles. The molecule has 3 nitrogen and oxygen atoms in total. The minimum Gasteiger partial charge on any atom is -0.368 e. The fraction of sp³-hybridized carbons (Fsp3) is 0.462. The molecule has 1 aromatic carbocycles. The van der Waals surface area contributed by atoms with Gasteiger partial charge < -0.3 is 11.1 Å². The van der Waals surface area contributed by atoms with E-state index in [1.54, 1.807) is 0 Å². The summed E-state index contributed by atoms with van der Waals surface area (Å²) >= 11 is 1.90. The van der Waals surface area contributed by atoms with Crippen molar-refractivity contribution in [3.63, 3.8) is 0 Å². The average molecular weight is 250 g/mol. The zero-order valence-corrected chi connectivity index (χ0v) is 10.6. The van der Waals surface area contributed by atoms with Crippen LogP contribution >= 0.6 is 11.8 Å². The molecule has 1 aliphatic heterocycles. The number of primary amides is 1. The highest BCUT2D eigenvalue weighted by Gasteiger charge is 2.28. The Balaban J connectivity index is 1.92. The van der Waals surface area contributed by atoms with Crippen LogP contribution in [0.1, 0.15) is 12.0 Å². The van der Waals surface area contributed by atoms with Crippen LogP contribution in [0.3, 0.4) is 0 Å². The summed E-state index contributed by atoms with van der Waals surface area (Å²) in [6.07, 6.45) is 1.08. The number of nitrogens with one attached hydrogen (secondary N) is 1. The normalized spacial score (nSPS) is 21.3. The van der Waals surface area contributed by atoms with Gasteiger partial charge in [0.15, 0.2) is 0 Å². The molecule has 3 N–H and O–H groups in total. The Morgan fingerprint density at radius 1 is 1.47 bits per heavy atom. The molecule has 2 atom stereocenters. The van der Waals surface area contributed by atoms with Gasteiger partial charge in [-0.2, -0.15) is 11.8 Å². The summed E-state index contributed by atoms with van der Waals surface area (Å²) in [4.78, 5) is 11.5. The van der Waals surface area contributed by atoms with Crippen molar-refractivity contribution >= 4 is 17.7 Å². The number of rotatable bonds is 5. The Kier molecular flexibility index (Phi) is 4.45. The van der Waals surface area contributed by atoms with Crippen molar-refractivity contribution in [3.05, 3.63) is 35.9 Å². The van der Waals surface area contributed by atoms with Crippen molar-refractivity contribution in [2.45, 2.75) is 19.0 Å². The van der Waals surface area contributed by atoms with E-state index in [9.17, 15) is 4.79 Å². The van der Waals surface area contributed by atoms with Crippen molar-refractivity contribution in [1.82, 2.24) is 5.32 Å². The Bertz CT molecular complexity index is 363. The number of carbonyl (C=O) groups is 1. The fourth-order valence-corrected chi connectivity index (χ4v) is 3.44. The molecule has 1 amide bonds. The molecule has 0 radical (unpaired) electrons. The van der Waals surface area contributed by atoms with Crippen LogP contribution < -0.4 is 11.1 Å². The van der Waals surface area contributed by atoms with Crippen LogP contribution in [0.25, 0.3) is 0 Å². The van der Waals surface area contributed by atoms with Crippen LogP contribution in [0.5, 0.6) is 0 Å². The van der Waals surface area contributed by atoms with Gasteiger partial charge in [-0.05, 0) is 29.4 Å². The molecule has 0 bridgehead atoms. The summed E-state index contributed by atoms with van der Waals surface area (Å²) in [6, 6.07) is 9.90. The summed E-state index contributed by atoms with van der Waals surface area (Å²) < 4.78 is 0. The van der Waals surface area contributed by atoms with Gasteiger partial charge in [0.05, 0.1) is 6.04 Å².